The van der Waals surface area contributed by atoms with Gasteiger partial charge in [-0.05, 0) is 43.0 Å². The summed E-state index contributed by atoms with van der Waals surface area (Å²) in [4.78, 5) is 22.3. The van der Waals surface area contributed by atoms with E-state index in [0.29, 0.717) is 17.4 Å². The van der Waals surface area contributed by atoms with Gasteiger partial charge in [0.05, 0.1) is 6.10 Å². The van der Waals surface area contributed by atoms with Gasteiger partial charge in [0.1, 0.15) is 12.4 Å². The van der Waals surface area contributed by atoms with E-state index in [0.717, 1.165) is 19.3 Å². The van der Waals surface area contributed by atoms with Gasteiger partial charge < -0.3 is 19.9 Å². The molecule has 2 rings (SSSR count). The summed E-state index contributed by atoms with van der Waals surface area (Å²) in [6.45, 7) is 1.82. The molecule has 2 N–H and O–H groups in total. The van der Waals surface area contributed by atoms with Crippen LogP contribution >= 0.6 is 0 Å². The van der Waals surface area contributed by atoms with Gasteiger partial charge >= 0.3 is 5.97 Å². The maximum Gasteiger partial charge on any atom is 0.341 e. The molecule has 1 aliphatic carbocycles. The minimum absolute atomic E-state index is 0.0479. The van der Waals surface area contributed by atoms with Crippen molar-refractivity contribution in [2.24, 2.45) is 5.92 Å². The lowest BCUT2D eigenvalue weighted by Gasteiger charge is -2.28. The molecule has 1 aromatic rings. The molecular formula is C17H23NO5. The zero-order valence-electron chi connectivity index (χ0n) is 13.3. The van der Waals surface area contributed by atoms with Crippen molar-refractivity contribution in [1.29, 1.82) is 0 Å². The second kappa shape index (κ2) is 8.53. The summed E-state index contributed by atoms with van der Waals surface area (Å²) in [5, 5.41) is 11.3. The Hall–Kier alpha value is -2.08. The van der Waals surface area contributed by atoms with Crippen molar-refractivity contribution in [3.8, 4) is 5.75 Å². The van der Waals surface area contributed by atoms with E-state index in [1.54, 1.807) is 24.3 Å². The molecule has 2 unspecified atom stereocenters. The zero-order chi connectivity index (χ0) is 16.7. The Morgan fingerprint density at radius 2 is 1.87 bits per heavy atom. The standard InChI is InChI=1S/C17H23NO5/c1-12-4-2-3-5-15(12)23-10-16(19)18-13-6-8-14(9-7-13)22-11-17(20)21/h6-9,12,15H,2-5,10-11H2,1H3,(H,18,19)(H,20,21). The molecule has 2 atom stereocenters. The first kappa shape index (κ1) is 17.3. The molecule has 126 valence electrons. The number of benzene rings is 1. The van der Waals surface area contributed by atoms with E-state index in [1.165, 1.54) is 6.42 Å². The minimum Gasteiger partial charge on any atom is -0.482 e. The number of nitrogens with one attached hydrogen (secondary N) is 1. The average Bonchev–Trinajstić information content (AvgIpc) is 2.53. The van der Waals surface area contributed by atoms with Crippen LogP contribution in [0, 0.1) is 5.92 Å². The third-order valence-corrected chi connectivity index (χ3v) is 3.96. The van der Waals surface area contributed by atoms with Crippen molar-refractivity contribution in [3.63, 3.8) is 0 Å². The number of carboxylic acid groups (broad SMARTS) is 1. The monoisotopic (exact) mass is 321 g/mol. The van der Waals surface area contributed by atoms with Crippen LogP contribution in [-0.2, 0) is 14.3 Å². The number of aliphatic carboxylic acids is 1. The summed E-state index contributed by atoms with van der Waals surface area (Å²) < 4.78 is 10.7. The first-order valence-corrected chi connectivity index (χ1v) is 7.90. The van der Waals surface area contributed by atoms with Crippen LogP contribution in [0.2, 0.25) is 0 Å². The largest absolute Gasteiger partial charge is 0.482 e. The second-order valence-corrected chi connectivity index (χ2v) is 5.87. The summed E-state index contributed by atoms with van der Waals surface area (Å²) in [5.74, 6) is -0.279. The lowest BCUT2D eigenvalue weighted by atomic mass is 9.88. The maximum absolute atomic E-state index is 11.9. The summed E-state index contributed by atoms with van der Waals surface area (Å²) in [6.07, 6.45) is 4.74. The number of carbonyl (C=O) groups is 2. The second-order valence-electron chi connectivity index (χ2n) is 5.87. The highest BCUT2D eigenvalue weighted by atomic mass is 16.5. The van der Waals surface area contributed by atoms with Crippen LogP contribution in [0.5, 0.6) is 5.75 Å². The van der Waals surface area contributed by atoms with Crippen LogP contribution in [0.3, 0.4) is 0 Å². The van der Waals surface area contributed by atoms with Crippen LogP contribution in [0.4, 0.5) is 5.69 Å². The van der Waals surface area contributed by atoms with Crippen molar-refractivity contribution in [2.75, 3.05) is 18.5 Å². The molecular weight excluding hydrogens is 298 g/mol. The van der Waals surface area contributed by atoms with E-state index in [9.17, 15) is 9.59 Å². The predicted molar refractivity (Wildman–Crippen MR) is 85.6 cm³/mol. The highest BCUT2D eigenvalue weighted by Crippen LogP contribution is 2.26. The molecule has 1 saturated carbocycles. The molecule has 0 spiro atoms. The van der Waals surface area contributed by atoms with Gasteiger partial charge in [-0.2, -0.15) is 0 Å². The fourth-order valence-electron chi connectivity index (χ4n) is 2.69. The fourth-order valence-corrected chi connectivity index (χ4v) is 2.69. The van der Waals surface area contributed by atoms with Gasteiger partial charge in [0.25, 0.3) is 0 Å². The normalized spacial score (nSPS) is 20.7. The van der Waals surface area contributed by atoms with Gasteiger partial charge in [0.2, 0.25) is 5.91 Å². The molecule has 1 aliphatic rings. The van der Waals surface area contributed by atoms with Gasteiger partial charge in [0, 0.05) is 5.69 Å². The van der Waals surface area contributed by atoms with Crippen molar-refractivity contribution < 1.29 is 24.2 Å². The molecule has 23 heavy (non-hydrogen) atoms. The Bertz CT molecular complexity index is 528. The van der Waals surface area contributed by atoms with E-state index in [-0.39, 0.29) is 25.2 Å². The molecule has 0 saturated heterocycles. The molecule has 0 radical (unpaired) electrons. The SMILES string of the molecule is CC1CCCCC1OCC(=O)Nc1ccc(OCC(=O)O)cc1. The molecule has 6 nitrogen and oxygen atoms in total. The van der Waals surface area contributed by atoms with Crippen LogP contribution in [0.25, 0.3) is 0 Å². The van der Waals surface area contributed by atoms with Crippen LogP contribution in [-0.4, -0.2) is 36.3 Å². The molecule has 6 heteroatoms. The number of hydrogen-bond donors (Lipinski definition) is 2. The van der Waals surface area contributed by atoms with Crippen molar-refractivity contribution in [1.82, 2.24) is 0 Å². The van der Waals surface area contributed by atoms with E-state index >= 15 is 0 Å². The summed E-state index contributed by atoms with van der Waals surface area (Å²) in [5.41, 5.74) is 0.623. The van der Waals surface area contributed by atoms with Crippen molar-refractivity contribution in [2.45, 2.75) is 38.7 Å². The van der Waals surface area contributed by atoms with Crippen molar-refractivity contribution >= 4 is 17.6 Å². The Morgan fingerprint density at radius 1 is 1.17 bits per heavy atom. The Morgan fingerprint density at radius 3 is 2.52 bits per heavy atom. The molecule has 0 bridgehead atoms. The third-order valence-electron chi connectivity index (χ3n) is 3.96. The first-order chi connectivity index (χ1) is 11.0. The van der Waals surface area contributed by atoms with Gasteiger partial charge in [-0.3, -0.25) is 4.79 Å². The fraction of sp³-hybridized carbons (Fsp3) is 0.529. The van der Waals surface area contributed by atoms with E-state index in [2.05, 4.69) is 12.2 Å². The van der Waals surface area contributed by atoms with Crippen LogP contribution < -0.4 is 10.1 Å². The number of carbonyl (C=O) groups excluding carboxylic acids is 1. The third kappa shape index (κ3) is 5.90. The number of ether oxygens (including phenoxy) is 2. The topological polar surface area (TPSA) is 84.9 Å². The quantitative estimate of drug-likeness (QED) is 0.806. The van der Waals surface area contributed by atoms with Gasteiger partial charge in [-0.25, -0.2) is 4.79 Å². The Kier molecular flexibility index (Phi) is 6.40. The summed E-state index contributed by atoms with van der Waals surface area (Å²) in [7, 11) is 0. The van der Waals surface area contributed by atoms with Crippen molar-refractivity contribution in [3.05, 3.63) is 24.3 Å². The lowest BCUT2D eigenvalue weighted by molar-refractivity contribution is -0.139. The molecule has 0 heterocycles. The van der Waals surface area contributed by atoms with E-state index < -0.39 is 5.97 Å². The number of rotatable bonds is 7. The van der Waals surface area contributed by atoms with Crippen LogP contribution in [0.1, 0.15) is 32.6 Å². The zero-order valence-corrected chi connectivity index (χ0v) is 13.3. The highest BCUT2D eigenvalue weighted by molar-refractivity contribution is 5.91. The number of hydrogen-bond acceptors (Lipinski definition) is 4. The van der Waals surface area contributed by atoms with Gasteiger partial charge in [-0.15, -0.1) is 0 Å². The summed E-state index contributed by atoms with van der Waals surface area (Å²) in [6, 6.07) is 6.56. The summed E-state index contributed by atoms with van der Waals surface area (Å²) >= 11 is 0. The molecule has 1 fully saturated rings. The Balaban J connectivity index is 1.75. The molecule has 0 aromatic heterocycles. The number of carboxylic acids is 1. The molecule has 1 aromatic carbocycles. The van der Waals surface area contributed by atoms with Crippen LogP contribution in [0.15, 0.2) is 24.3 Å². The molecule has 0 aliphatic heterocycles. The lowest BCUT2D eigenvalue weighted by Crippen LogP contribution is -2.29. The van der Waals surface area contributed by atoms with E-state index in [1.807, 2.05) is 0 Å². The average molecular weight is 321 g/mol. The van der Waals surface area contributed by atoms with Gasteiger partial charge in [0.15, 0.2) is 6.61 Å². The molecule has 1 amide bonds. The first-order valence-electron chi connectivity index (χ1n) is 7.90. The highest BCUT2D eigenvalue weighted by Gasteiger charge is 2.22. The van der Waals surface area contributed by atoms with Gasteiger partial charge in [-0.1, -0.05) is 19.8 Å². The number of anilines is 1. The smallest absolute Gasteiger partial charge is 0.341 e. The maximum atomic E-state index is 11.9. The predicted octanol–water partition coefficient (Wildman–Crippen LogP) is 2.68. The Labute approximate surface area is 135 Å². The number of amides is 1. The minimum atomic E-state index is -1.03. The van der Waals surface area contributed by atoms with E-state index in [4.69, 9.17) is 14.6 Å².